The Morgan fingerprint density at radius 2 is 2.18 bits per heavy atom. The van der Waals surface area contributed by atoms with Crippen LogP contribution in [0.3, 0.4) is 0 Å². The minimum Gasteiger partial charge on any atom is -0.495 e. The van der Waals surface area contributed by atoms with Crippen LogP contribution in [0.5, 0.6) is 5.75 Å². The Hall–Kier alpha value is -1.61. The predicted octanol–water partition coefficient (Wildman–Crippen LogP) is 2.19. The van der Waals surface area contributed by atoms with Gasteiger partial charge in [-0.25, -0.2) is 0 Å². The molecule has 0 aromatic heterocycles. The summed E-state index contributed by atoms with van der Waals surface area (Å²) in [5, 5.41) is 9.05. The van der Waals surface area contributed by atoms with E-state index in [0.717, 1.165) is 25.2 Å². The molecule has 1 aromatic rings. The number of ether oxygens (including phenoxy) is 3. The average Bonchev–Trinajstić information content (AvgIpc) is 2.45. The Labute approximate surface area is 132 Å². The minimum atomic E-state index is -0.196. The monoisotopic (exact) mass is 304 g/mol. The van der Waals surface area contributed by atoms with Crippen molar-refractivity contribution < 1.29 is 14.2 Å². The molecule has 2 rings (SSSR count). The maximum absolute atomic E-state index is 9.05. The summed E-state index contributed by atoms with van der Waals surface area (Å²) in [4.78, 5) is 2.36. The third-order valence-electron chi connectivity index (χ3n) is 3.70. The van der Waals surface area contributed by atoms with Gasteiger partial charge in [-0.3, -0.25) is 4.90 Å². The van der Waals surface area contributed by atoms with Crippen molar-refractivity contribution in [3.05, 3.63) is 29.3 Å². The molecular formula is C17H24N2O3. The summed E-state index contributed by atoms with van der Waals surface area (Å²) in [7, 11) is 3.28. The standard InChI is InChI=1S/C17H24N2O3/c1-17(2)12-19(10-15(22-17)11-20-3)9-13-5-6-14(8-18)16(7-13)21-4/h5-7,15H,9-12H2,1-4H3/t15-/m1/s1. The normalized spacial score (nSPS) is 21.3. The number of benzene rings is 1. The van der Waals surface area contributed by atoms with Gasteiger partial charge in [-0.1, -0.05) is 6.07 Å². The molecule has 5 nitrogen and oxygen atoms in total. The van der Waals surface area contributed by atoms with Crippen LogP contribution in [0.2, 0.25) is 0 Å². The van der Waals surface area contributed by atoms with Gasteiger partial charge in [-0.2, -0.15) is 5.26 Å². The summed E-state index contributed by atoms with van der Waals surface area (Å²) in [5.74, 6) is 0.626. The van der Waals surface area contributed by atoms with Gasteiger partial charge >= 0.3 is 0 Å². The molecule has 1 aliphatic heterocycles. The zero-order chi connectivity index (χ0) is 16.2. The first-order chi connectivity index (χ1) is 10.5. The van der Waals surface area contributed by atoms with Gasteiger partial charge in [0.25, 0.3) is 0 Å². The van der Waals surface area contributed by atoms with Gasteiger partial charge in [0.2, 0.25) is 0 Å². The Kier molecular flexibility index (Phi) is 5.41. The third-order valence-corrected chi connectivity index (χ3v) is 3.70. The largest absolute Gasteiger partial charge is 0.495 e. The number of hydrogen-bond donors (Lipinski definition) is 0. The quantitative estimate of drug-likeness (QED) is 0.834. The van der Waals surface area contributed by atoms with E-state index < -0.39 is 0 Å². The molecule has 1 fully saturated rings. The molecule has 1 aromatic carbocycles. The Morgan fingerprint density at radius 3 is 2.82 bits per heavy atom. The molecule has 0 radical (unpaired) electrons. The van der Waals surface area contributed by atoms with Crippen molar-refractivity contribution in [3.63, 3.8) is 0 Å². The van der Waals surface area contributed by atoms with Gasteiger partial charge < -0.3 is 14.2 Å². The lowest BCUT2D eigenvalue weighted by atomic mass is 10.0. The second-order valence-electron chi connectivity index (χ2n) is 6.27. The van der Waals surface area contributed by atoms with Crippen LogP contribution in [0, 0.1) is 11.3 Å². The summed E-state index contributed by atoms with van der Waals surface area (Å²) in [6.07, 6.45) is 0.0778. The van der Waals surface area contributed by atoms with Crippen LogP contribution in [0.4, 0.5) is 0 Å². The van der Waals surface area contributed by atoms with Crippen LogP contribution < -0.4 is 4.74 Å². The van der Waals surface area contributed by atoms with Gasteiger partial charge in [-0.05, 0) is 31.5 Å². The van der Waals surface area contributed by atoms with Crippen LogP contribution in [-0.4, -0.2) is 50.5 Å². The first kappa shape index (κ1) is 16.8. The van der Waals surface area contributed by atoms with E-state index in [-0.39, 0.29) is 11.7 Å². The summed E-state index contributed by atoms with van der Waals surface area (Å²) in [6, 6.07) is 7.87. The van der Waals surface area contributed by atoms with Crippen molar-refractivity contribution in [2.75, 3.05) is 33.9 Å². The van der Waals surface area contributed by atoms with Crippen molar-refractivity contribution in [1.82, 2.24) is 4.90 Å². The smallest absolute Gasteiger partial charge is 0.136 e. The molecular weight excluding hydrogens is 280 g/mol. The van der Waals surface area contributed by atoms with Crippen molar-refractivity contribution in [1.29, 1.82) is 5.26 Å². The molecule has 0 bridgehead atoms. The molecule has 22 heavy (non-hydrogen) atoms. The van der Waals surface area contributed by atoms with E-state index in [1.54, 1.807) is 14.2 Å². The first-order valence-corrected chi connectivity index (χ1v) is 7.43. The van der Waals surface area contributed by atoms with Gasteiger partial charge in [0.1, 0.15) is 11.8 Å². The van der Waals surface area contributed by atoms with E-state index in [1.165, 1.54) is 0 Å². The fourth-order valence-corrected chi connectivity index (χ4v) is 2.99. The van der Waals surface area contributed by atoms with Gasteiger partial charge in [-0.15, -0.1) is 0 Å². The van der Waals surface area contributed by atoms with Crippen LogP contribution in [0.15, 0.2) is 18.2 Å². The van der Waals surface area contributed by atoms with E-state index in [9.17, 15) is 0 Å². The second kappa shape index (κ2) is 7.10. The molecule has 0 saturated carbocycles. The number of nitrogens with zero attached hydrogens (tertiary/aromatic N) is 2. The van der Waals surface area contributed by atoms with Crippen LogP contribution in [-0.2, 0) is 16.0 Å². The summed E-state index contributed by atoms with van der Waals surface area (Å²) >= 11 is 0. The topological polar surface area (TPSA) is 54.7 Å². The molecule has 1 aliphatic rings. The second-order valence-corrected chi connectivity index (χ2v) is 6.27. The molecule has 120 valence electrons. The number of methoxy groups -OCH3 is 2. The SMILES string of the molecule is COC[C@H]1CN(Cc2ccc(C#N)c(OC)c2)CC(C)(C)O1. The van der Waals surface area contributed by atoms with Crippen LogP contribution in [0.25, 0.3) is 0 Å². The number of hydrogen-bond acceptors (Lipinski definition) is 5. The summed E-state index contributed by atoms with van der Waals surface area (Å²) in [5.41, 5.74) is 1.49. The lowest BCUT2D eigenvalue weighted by Gasteiger charge is -2.42. The maximum Gasteiger partial charge on any atom is 0.136 e. The highest BCUT2D eigenvalue weighted by Gasteiger charge is 2.33. The summed E-state index contributed by atoms with van der Waals surface area (Å²) in [6.45, 7) is 7.28. The molecule has 1 atom stereocenters. The molecule has 0 N–H and O–H groups in total. The number of rotatable bonds is 5. The summed E-state index contributed by atoms with van der Waals surface area (Å²) < 4.78 is 16.5. The van der Waals surface area contributed by atoms with E-state index in [2.05, 4.69) is 24.8 Å². The zero-order valence-corrected chi connectivity index (χ0v) is 13.8. The molecule has 0 unspecified atom stereocenters. The third kappa shape index (κ3) is 4.20. The molecule has 1 saturated heterocycles. The van der Waals surface area contributed by atoms with Crippen molar-refractivity contribution in [3.8, 4) is 11.8 Å². The van der Waals surface area contributed by atoms with E-state index >= 15 is 0 Å². The zero-order valence-electron chi connectivity index (χ0n) is 13.8. The Morgan fingerprint density at radius 1 is 1.41 bits per heavy atom. The van der Waals surface area contributed by atoms with Crippen molar-refractivity contribution in [2.24, 2.45) is 0 Å². The predicted molar refractivity (Wildman–Crippen MR) is 83.8 cm³/mol. The molecule has 5 heteroatoms. The molecule has 1 heterocycles. The van der Waals surface area contributed by atoms with Gasteiger partial charge in [0, 0.05) is 26.7 Å². The van der Waals surface area contributed by atoms with Crippen molar-refractivity contribution in [2.45, 2.75) is 32.1 Å². The highest BCUT2D eigenvalue weighted by atomic mass is 16.5. The Balaban J connectivity index is 2.10. The van der Waals surface area contributed by atoms with E-state index in [1.807, 2.05) is 18.2 Å². The average molecular weight is 304 g/mol. The maximum atomic E-state index is 9.05. The van der Waals surface area contributed by atoms with Crippen LogP contribution in [0.1, 0.15) is 25.0 Å². The lowest BCUT2D eigenvalue weighted by Crippen LogP contribution is -2.53. The van der Waals surface area contributed by atoms with E-state index in [0.29, 0.717) is 17.9 Å². The Bertz CT molecular complexity index is 551. The van der Waals surface area contributed by atoms with Gasteiger partial charge in [0.05, 0.1) is 31.0 Å². The first-order valence-electron chi connectivity index (χ1n) is 7.43. The number of nitriles is 1. The van der Waals surface area contributed by atoms with Crippen molar-refractivity contribution >= 4 is 0 Å². The fraction of sp³-hybridized carbons (Fsp3) is 0.588. The molecule has 0 aliphatic carbocycles. The highest BCUT2D eigenvalue weighted by molar-refractivity contribution is 5.45. The minimum absolute atomic E-state index is 0.0778. The van der Waals surface area contributed by atoms with E-state index in [4.69, 9.17) is 19.5 Å². The highest BCUT2D eigenvalue weighted by Crippen LogP contribution is 2.25. The van der Waals surface area contributed by atoms with Gasteiger partial charge in [0.15, 0.2) is 0 Å². The lowest BCUT2D eigenvalue weighted by molar-refractivity contribution is -0.154. The number of morpholine rings is 1. The fourth-order valence-electron chi connectivity index (χ4n) is 2.99. The molecule has 0 amide bonds. The van der Waals surface area contributed by atoms with Crippen LogP contribution >= 0.6 is 0 Å². The molecule has 0 spiro atoms.